The summed E-state index contributed by atoms with van der Waals surface area (Å²) in [6, 6.07) is -0.0771. The highest BCUT2D eigenvalue weighted by atomic mass is 32.2. The van der Waals surface area contributed by atoms with Crippen molar-refractivity contribution in [3.63, 3.8) is 0 Å². The molecule has 0 aromatic rings. The summed E-state index contributed by atoms with van der Waals surface area (Å²) >= 11 is 1.79. The molecular weight excluding hydrogens is 196 g/mol. The van der Waals surface area contributed by atoms with Gasteiger partial charge in [-0.05, 0) is 34.6 Å². The van der Waals surface area contributed by atoms with E-state index in [1.807, 2.05) is 20.8 Å². The van der Waals surface area contributed by atoms with Crippen LogP contribution in [0.1, 0.15) is 34.6 Å². The maximum absolute atomic E-state index is 11.9. The number of rotatable bonds is 1. The third-order valence-electron chi connectivity index (χ3n) is 2.19. The van der Waals surface area contributed by atoms with E-state index in [9.17, 15) is 4.79 Å². The SMILES string of the molecule is CC(C)(C)NC(=O)C1NCSC1(C)C. The zero-order valence-electron chi connectivity index (χ0n) is 9.60. The van der Waals surface area contributed by atoms with Crippen LogP contribution in [0.3, 0.4) is 0 Å². The minimum absolute atomic E-state index is 0.00463. The lowest BCUT2D eigenvalue weighted by molar-refractivity contribution is -0.124. The van der Waals surface area contributed by atoms with Gasteiger partial charge in [0.05, 0.1) is 0 Å². The molecule has 1 fully saturated rings. The molecule has 0 aromatic carbocycles. The van der Waals surface area contributed by atoms with Gasteiger partial charge in [-0.1, -0.05) is 0 Å². The summed E-state index contributed by atoms with van der Waals surface area (Å²) in [4.78, 5) is 11.9. The van der Waals surface area contributed by atoms with Crippen LogP contribution < -0.4 is 10.6 Å². The van der Waals surface area contributed by atoms with Gasteiger partial charge in [0.1, 0.15) is 6.04 Å². The Hall–Kier alpha value is -0.220. The van der Waals surface area contributed by atoms with E-state index in [1.54, 1.807) is 11.8 Å². The molecule has 0 spiro atoms. The van der Waals surface area contributed by atoms with Crippen LogP contribution in [0.2, 0.25) is 0 Å². The predicted octanol–water partition coefficient (Wildman–Crippen LogP) is 1.34. The van der Waals surface area contributed by atoms with E-state index in [4.69, 9.17) is 0 Å². The minimum atomic E-state index is -0.151. The molecular formula is C10H20N2OS. The first-order valence-electron chi connectivity index (χ1n) is 4.92. The summed E-state index contributed by atoms with van der Waals surface area (Å²) in [6.45, 7) is 10.2. The van der Waals surface area contributed by atoms with Crippen molar-refractivity contribution in [1.82, 2.24) is 10.6 Å². The normalized spacial score (nSPS) is 26.2. The highest BCUT2D eigenvalue weighted by Crippen LogP contribution is 2.33. The highest BCUT2D eigenvalue weighted by Gasteiger charge is 2.40. The van der Waals surface area contributed by atoms with Gasteiger partial charge in [-0.2, -0.15) is 0 Å². The number of hydrogen-bond acceptors (Lipinski definition) is 3. The molecule has 0 aliphatic carbocycles. The van der Waals surface area contributed by atoms with Gasteiger partial charge in [0.15, 0.2) is 0 Å². The van der Waals surface area contributed by atoms with Crippen LogP contribution in [-0.2, 0) is 4.79 Å². The smallest absolute Gasteiger partial charge is 0.238 e. The Kier molecular flexibility index (Phi) is 3.17. The van der Waals surface area contributed by atoms with Crippen molar-refractivity contribution < 1.29 is 4.79 Å². The molecule has 1 atom stereocenters. The van der Waals surface area contributed by atoms with E-state index < -0.39 is 0 Å². The van der Waals surface area contributed by atoms with E-state index in [-0.39, 0.29) is 22.2 Å². The lowest BCUT2D eigenvalue weighted by Crippen LogP contribution is -2.54. The Morgan fingerprint density at radius 2 is 2.07 bits per heavy atom. The van der Waals surface area contributed by atoms with Crippen LogP contribution in [0.5, 0.6) is 0 Å². The van der Waals surface area contributed by atoms with Crippen molar-refractivity contribution in [2.75, 3.05) is 5.88 Å². The highest BCUT2D eigenvalue weighted by molar-refractivity contribution is 8.00. The van der Waals surface area contributed by atoms with Crippen LogP contribution in [0.25, 0.3) is 0 Å². The van der Waals surface area contributed by atoms with Gasteiger partial charge >= 0.3 is 0 Å². The molecule has 0 bridgehead atoms. The number of carbonyl (C=O) groups excluding carboxylic acids is 1. The fourth-order valence-corrected chi connectivity index (χ4v) is 2.47. The molecule has 1 aliphatic rings. The Morgan fingerprint density at radius 3 is 2.43 bits per heavy atom. The third-order valence-corrected chi connectivity index (χ3v) is 3.48. The first-order chi connectivity index (χ1) is 6.22. The maximum Gasteiger partial charge on any atom is 0.238 e. The van der Waals surface area contributed by atoms with E-state index in [0.29, 0.717) is 0 Å². The van der Waals surface area contributed by atoms with Crippen LogP contribution in [0.15, 0.2) is 0 Å². The largest absolute Gasteiger partial charge is 0.350 e. The maximum atomic E-state index is 11.9. The van der Waals surface area contributed by atoms with E-state index >= 15 is 0 Å². The van der Waals surface area contributed by atoms with Gasteiger partial charge in [0.2, 0.25) is 5.91 Å². The first-order valence-corrected chi connectivity index (χ1v) is 5.90. The van der Waals surface area contributed by atoms with Gasteiger partial charge in [-0.25, -0.2) is 0 Å². The van der Waals surface area contributed by atoms with Crippen molar-refractivity contribution in [3.8, 4) is 0 Å². The molecule has 2 N–H and O–H groups in total. The Bertz CT molecular complexity index is 233. The summed E-state index contributed by atoms with van der Waals surface area (Å²) in [7, 11) is 0. The van der Waals surface area contributed by atoms with Crippen LogP contribution >= 0.6 is 11.8 Å². The van der Waals surface area contributed by atoms with Crippen molar-refractivity contribution >= 4 is 17.7 Å². The predicted molar refractivity (Wildman–Crippen MR) is 61.4 cm³/mol. The zero-order valence-corrected chi connectivity index (χ0v) is 10.4. The molecule has 1 rings (SSSR count). The fraction of sp³-hybridized carbons (Fsp3) is 0.900. The molecule has 1 amide bonds. The van der Waals surface area contributed by atoms with Crippen LogP contribution in [-0.4, -0.2) is 28.1 Å². The van der Waals surface area contributed by atoms with Gasteiger partial charge in [-0.3, -0.25) is 10.1 Å². The number of amides is 1. The molecule has 1 saturated heterocycles. The Morgan fingerprint density at radius 1 is 1.50 bits per heavy atom. The molecule has 3 nitrogen and oxygen atoms in total. The second kappa shape index (κ2) is 3.74. The second-order valence-electron chi connectivity index (χ2n) is 5.27. The van der Waals surface area contributed by atoms with Crippen molar-refractivity contribution in [2.45, 2.75) is 50.9 Å². The van der Waals surface area contributed by atoms with Crippen molar-refractivity contribution in [1.29, 1.82) is 0 Å². The second-order valence-corrected chi connectivity index (χ2v) is 6.90. The number of thioether (sulfide) groups is 1. The number of hydrogen-bond donors (Lipinski definition) is 2. The standard InChI is InChI=1S/C10H20N2OS/c1-9(2,3)12-8(13)7-10(4,5)14-6-11-7/h7,11H,6H2,1-5H3,(H,12,13). The number of nitrogens with one attached hydrogen (secondary N) is 2. The summed E-state index contributed by atoms with van der Waals surface area (Å²) in [6.07, 6.45) is 0. The van der Waals surface area contributed by atoms with E-state index in [2.05, 4.69) is 24.5 Å². The summed E-state index contributed by atoms with van der Waals surface area (Å²) in [5.74, 6) is 0.961. The Labute approximate surface area is 90.4 Å². The molecule has 82 valence electrons. The van der Waals surface area contributed by atoms with E-state index in [0.717, 1.165) is 5.88 Å². The topological polar surface area (TPSA) is 41.1 Å². The molecule has 0 radical (unpaired) electrons. The number of carbonyl (C=O) groups is 1. The monoisotopic (exact) mass is 216 g/mol. The van der Waals surface area contributed by atoms with Gasteiger partial charge in [0.25, 0.3) is 0 Å². The molecule has 0 aromatic heterocycles. The Balaban J connectivity index is 2.62. The summed E-state index contributed by atoms with van der Waals surface area (Å²) < 4.78 is -0.00463. The average Bonchev–Trinajstić information content (AvgIpc) is 2.25. The van der Waals surface area contributed by atoms with Crippen LogP contribution in [0.4, 0.5) is 0 Å². The lowest BCUT2D eigenvalue weighted by Gasteiger charge is -2.28. The van der Waals surface area contributed by atoms with Crippen molar-refractivity contribution in [3.05, 3.63) is 0 Å². The van der Waals surface area contributed by atoms with Gasteiger partial charge in [-0.15, -0.1) is 11.8 Å². The van der Waals surface area contributed by atoms with Crippen molar-refractivity contribution in [2.24, 2.45) is 0 Å². The van der Waals surface area contributed by atoms with Gasteiger partial charge < -0.3 is 5.32 Å². The lowest BCUT2D eigenvalue weighted by atomic mass is 10.0. The summed E-state index contributed by atoms with van der Waals surface area (Å²) in [5.41, 5.74) is -0.151. The molecule has 14 heavy (non-hydrogen) atoms. The van der Waals surface area contributed by atoms with E-state index in [1.165, 1.54) is 0 Å². The average molecular weight is 216 g/mol. The zero-order chi connectivity index (χ0) is 11.0. The quantitative estimate of drug-likeness (QED) is 0.695. The first kappa shape index (κ1) is 11.9. The summed E-state index contributed by atoms with van der Waals surface area (Å²) in [5, 5.41) is 6.22. The van der Waals surface area contributed by atoms with Crippen LogP contribution in [0, 0.1) is 0 Å². The molecule has 1 heterocycles. The third kappa shape index (κ3) is 2.89. The molecule has 1 unspecified atom stereocenters. The molecule has 1 aliphatic heterocycles. The minimum Gasteiger partial charge on any atom is -0.350 e. The fourth-order valence-electron chi connectivity index (χ4n) is 1.49. The molecule has 0 saturated carbocycles. The van der Waals surface area contributed by atoms with Gasteiger partial charge in [0, 0.05) is 16.2 Å². The molecule has 4 heteroatoms.